The van der Waals surface area contributed by atoms with Crippen molar-refractivity contribution in [2.24, 2.45) is 0 Å². The van der Waals surface area contributed by atoms with Crippen LogP contribution in [0.5, 0.6) is 11.6 Å². The van der Waals surface area contributed by atoms with Gasteiger partial charge in [-0.25, -0.2) is 9.97 Å². The van der Waals surface area contributed by atoms with Gasteiger partial charge in [0.25, 0.3) is 11.8 Å². The Kier molecular flexibility index (Phi) is 5.12. The first kappa shape index (κ1) is 18.4. The highest BCUT2D eigenvalue weighted by molar-refractivity contribution is 5.94. The number of hydrogen-bond donors (Lipinski definition) is 0. The van der Waals surface area contributed by atoms with Crippen molar-refractivity contribution in [3.05, 3.63) is 47.9 Å². The third-order valence-electron chi connectivity index (χ3n) is 3.82. The van der Waals surface area contributed by atoms with Gasteiger partial charge in [-0.3, -0.25) is 4.79 Å². The zero-order valence-electron chi connectivity index (χ0n) is 13.8. The van der Waals surface area contributed by atoms with E-state index in [9.17, 15) is 18.0 Å². The Morgan fingerprint density at radius 3 is 2.59 bits per heavy atom. The maximum absolute atomic E-state index is 12.5. The van der Waals surface area contributed by atoms with Crippen molar-refractivity contribution in [1.29, 1.82) is 5.26 Å². The van der Waals surface area contributed by atoms with E-state index in [2.05, 4.69) is 14.7 Å². The van der Waals surface area contributed by atoms with Crippen LogP contribution in [-0.4, -0.2) is 46.3 Å². The second-order valence-electron chi connectivity index (χ2n) is 5.67. The first-order valence-electron chi connectivity index (χ1n) is 7.88. The van der Waals surface area contributed by atoms with E-state index in [-0.39, 0.29) is 35.7 Å². The number of nitriles is 1. The molecule has 27 heavy (non-hydrogen) atoms. The highest BCUT2D eigenvalue weighted by atomic mass is 19.4. The summed E-state index contributed by atoms with van der Waals surface area (Å²) in [6.07, 6.45) is -1.83. The van der Waals surface area contributed by atoms with E-state index in [0.717, 1.165) is 12.1 Å². The fourth-order valence-electron chi connectivity index (χ4n) is 2.64. The van der Waals surface area contributed by atoms with E-state index < -0.39 is 12.1 Å². The SMILES string of the molecule is N#Cc1nccnc1OC1CCN(C(=O)c2ccc(OC(F)(F)F)cc2)C1. The van der Waals surface area contributed by atoms with Crippen LogP contribution in [0.25, 0.3) is 0 Å². The Morgan fingerprint density at radius 1 is 1.22 bits per heavy atom. The molecule has 1 aromatic heterocycles. The number of carbonyl (C=O) groups excluding carboxylic acids is 1. The molecule has 1 aliphatic rings. The standard InChI is InChI=1S/C17H13F3N4O3/c18-17(19,20)27-12-3-1-11(2-4-12)16(25)24-8-5-13(10-24)26-15-14(9-21)22-6-7-23-15/h1-4,6-7,13H,5,8,10H2. The molecule has 1 aromatic carbocycles. The minimum Gasteiger partial charge on any atom is -0.470 e. The number of hydrogen-bond acceptors (Lipinski definition) is 6. The number of benzene rings is 1. The Balaban J connectivity index is 1.61. The van der Waals surface area contributed by atoms with Crippen molar-refractivity contribution in [2.75, 3.05) is 13.1 Å². The molecule has 3 rings (SSSR count). The van der Waals surface area contributed by atoms with Crippen molar-refractivity contribution in [1.82, 2.24) is 14.9 Å². The van der Waals surface area contributed by atoms with Gasteiger partial charge in [-0.15, -0.1) is 13.2 Å². The smallest absolute Gasteiger partial charge is 0.470 e. The Bertz CT molecular complexity index is 865. The molecule has 2 heterocycles. The Labute approximate surface area is 152 Å². The fraction of sp³-hybridized carbons (Fsp3) is 0.294. The van der Waals surface area contributed by atoms with Gasteiger partial charge in [0, 0.05) is 30.9 Å². The molecule has 0 spiro atoms. The molecule has 0 aliphatic carbocycles. The average Bonchev–Trinajstić information content (AvgIpc) is 3.09. The third-order valence-corrected chi connectivity index (χ3v) is 3.82. The van der Waals surface area contributed by atoms with Crippen LogP contribution in [0, 0.1) is 11.3 Å². The van der Waals surface area contributed by atoms with Crippen LogP contribution in [0.1, 0.15) is 22.5 Å². The molecule has 1 aliphatic heterocycles. The van der Waals surface area contributed by atoms with Crippen molar-refractivity contribution in [3.63, 3.8) is 0 Å². The number of aromatic nitrogens is 2. The first-order valence-corrected chi connectivity index (χ1v) is 7.88. The maximum atomic E-state index is 12.5. The number of amides is 1. The second kappa shape index (κ2) is 7.49. The summed E-state index contributed by atoms with van der Waals surface area (Å²) in [5.41, 5.74) is 0.296. The summed E-state index contributed by atoms with van der Waals surface area (Å²) in [5.74, 6) is -0.624. The molecule has 10 heteroatoms. The van der Waals surface area contributed by atoms with Crippen LogP contribution in [0.2, 0.25) is 0 Å². The van der Waals surface area contributed by atoms with E-state index in [1.807, 2.05) is 6.07 Å². The van der Waals surface area contributed by atoms with Crippen LogP contribution in [-0.2, 0) is 0 Å². The molecule has 0 N–H and O–H groups in total. The zero-order valence-corrected chi connectivity index (χ0v) is 13.8. The molecule has 1 saturated heterocycles. The maximum Gasteiger partial charge on any atom is 0.573 e. The summed E-state index contributed by atoms with van der Waals surface area (Å²) < 4.78 is 46.0. The molecule has 140 valence electrons. The van der Waals surface area contributed by atoms with Gasteiger partial charge in [-0.05, 0) is 24.3 Å². The molecule has 1 fully saturated rings. The normalized spacial score (nSPS) is 16.7. The summed E-state index contributed by atoms with van der Waals surface area (Å²) in [4.78, 5) is 21.8. The topological polar surface area (TPSA) is 88.3 Å². The van der Waals surface area contributed by atoms with Crippen molar-refractivity contribution in [2.45, 2.75) is 18.9 Å². The van der Waals surface area contributed by atoms with Gasteiger partial charge in [-0.1, -0.05) is 0 Å². The summed E-state index contributed by atoms with van der Waals surface area (Å²) >= 11 is 0. The molecule has 0 radical (unpaired) electrons. The highest BCUT2D eigenvalue weighted by Crippen LogP contribution is 2.24. The molecule has 1 unspecified atom stereocenters. The van der Waals surface area contributed by atoms with Gasteiger partial charge >= 0.3 is 6.36 Å². The molecule has 2 aromatic rings. The lowest BCUT2D eigenvalue weighted by Crippen LogP contribution is -2.31. The molecule has 1 atom stereocenters. The van der Waals surface area contributed by atoms with E-state index >= 15 is 0 Å². The predicted molar refractivity (Wildman–Crippen MR) is 84.8 cm³/mol. The summed E-state index contributed by atoms with van der Waals surface area (Å²) in [7, 11) is 0. The lowest BCUT2D eigenvalue weighted by Gasteiger charge is -2.17. The minimum absolute atomic E-state index is 0.0579. The number of carbonyl (C=O) groups is 1. The van der Waals surface area contributed by atoms with Gasteiger partial charge in [0.05, 0.1) is 6.54 Å². The second-order valence-corrected chi connectivity index (χ2v) is 5.67. The molecule has 0 bridgehead atoms. The first-order chi connectivity index (χ1) is 12.9. The van der Waals surface area contributed by atoms with Crippen LogP contribution in [0.15, 0.2) is 36.7 Å². The van der Waals surface area contributed by atoms with E-state index in [1.165, 1.54) is 29.4 Å². The number of nitrogens with zero attached hydrogens (tertiary/aromatic N) is 4. The molecular formula is C17H13F3N4O3. The zero-order chi connectivity index (χ0) is 19.4. The van der Waals surface area contributed by atoms with E-state index in [4.69, 9.17) is 10.00 Å². The van der Waals surface area contributed by atoms with Crippen LogP contribution >= 0.6 is 0 Å². The number of likely N-dealkylation sites (tertiary alicyclic amines) is 1. The summed E-state index contributed by atoms with van der Waals surface area (Å²) in [6, 6.07) is 6.60. The number of halogens is 3. The Morgan fingerprint density at radius 2 is 1.93 bits per heavy atom. The predicted octanol–water partition coefficient (Wildman–Crippen LogP) is 2.54. The summed E-state index contributed by atoms with van der Waals surface area (Å²) in [5, 5.41) is 9.00. The van der Waals surface area contributed by atoms with E-state index in [1.54, 1.807) is 0 Å². The van der Waals surface area contributed by atoms with Gasteiger partial charge in [0.2, 0.25) is 5.69 Å². The Hall–Kier alpha value is -3.35. The highest BCUT2D eigenvalue weighted by Gasteiger charge is 2.32. The lowest BCUT2D eigenvalue weighted by molar-refractivity contribution is -0.274. The van der Waals surface area contributed by atoms with Gasteiger partial charge in [-0.2, -0.15) is 5.26 Å². The summed E-state index contributed by atoms with van der Waals surface area (Å²) in [6.45, 7) is 0.674. The van der Waals surface area contributed by atoms with Gasteiger partial charge < -0.3 is 14.4 Å². The van der Waals surface area contributed by atoms with Crippen LogP contribution in [0.4, 0.5) is 13.2 Å². The quantitative estimate of drug-likeness (QED) is 0.812. The average molecular weight is 378 g/mol. The lowest BCUT2D eigenvalue weighted by atomic mass is 10.2. The largest absolute Gasteiger partial charge is 0.573 e. The monoisotopic (exact) mass is 378 g/mol. The minimum atomic E-state index is -4.78. The fourth-order valence-corrected chi connectivity index (χ4v) is 2.64. The number of ether oxygens (including phenoxy) is 2. The molecule has 1 amide bonds. The van der Waals surface area contributed by atoms with Crippen LogP contribution in [0.3, 0.4) is 0 Å². The van der Waals surface area contributed by atoms with Crippen molar-refractivity contribution < 1.29 is 27.4 Å². The third kappa shape index (κ3) is 4.63. The van der Waals surface area contributed by atoms with Crippen LogP contribution < -0.4 is 9.47 Å². The number of rotatable bonds is 4. The molecule has 7 nitrogen and oxygen atoms in total. The molecule has 0 saturated carbocycles. The van der Waals surface area contributed by atoms with Gasteiger partial charge in [0.1, 0.15) is 17.9 Å². The van der Waals surface area contributed by atoms with E-state index in [0.29, 0.717) is 13.0 Å². The molecular weight excluding hydrogens is 365 g/mol. The van der Waals surface area contributed by atoms with Crippen molar-refractivity contribution >= 4 is 5.91 Å². The van der Waals surface area contributed by atoms with Gasteiger partial charge in [0.15, 0.2) is 0 Å². The number of alkyl halides is 3. The van der Waals surface area contributed by atoms with Crippen molar-refractivity contribution in [3.8, 4) is 17.7 Å².